The SMILES string of the molecule is CC(=O)Nc1ccc(C(=O)N2CCn3ccnc3C2)cc1. The summed E-state index contributed by atoms with van der Waals surface area (Å²) in [6, 6.07) is 6.93. The standard InChI is InChI=1S/C15H16N4O2/c1-11(20)17-13-4-2-12(3-5-13)15(21)19-9-8-18-7-6-16-14(18)10-19/h2-7H,8-10H2,1H3,(H,17,20). The van der Waals surface area contributed by atoms with Gasteiger partial charge in [-0.15, -0.1) is 0 Å². The summed E-state index contributed by atoms with van der Waals surface area (Å²) < 4.78 is 2.06. The first-order valence-electron chi connectivity index (χ1n) is 6.80. The number of anilines is 1. The first-order valence-corrected chi connectivity index (χ1v) is 6.80. The van der Waals surface area contributed by atoms with E-state index >= 15 is 0 Å². The molecule has 2 aromatic rings. The number of carbonyl (C=O) groups excluding carboxylic acids is 2. The van der Waals surface area contributed by atoms with Gasteiger partial charge in [0.15, 0.2) is 0 Å². The van der Waals surface area contributed by atoms with Crippen molar-refractivity contribution in [3.8, 4) is 0 Å². The minimum Gasteiger partial charge on any atom is -0.332 e. The fourth-order valence-electron chi connectivity index (χ4n) is 2.43. The van der Waals surface area contributed by atoms with Crippen molar-refractivity contribution in [3.63, 3.8) is 0 Å². The van der Waals surface area contributed by atoms with Gasteiger partial charge < -0.3 is 14.8 Å². The molecule has 2 amide bonds. The number of nitrogens with one attached hydrogen (secondary N) is 1. The van der Waals surface area contributed by atoms with Crippen molar-refractivity contribution in [1.29, 1.82) is 0 Å². The summed E-state index contributed by atoms with van der Waals surface area (Å²) in [4.78, 5) is 29.5. The first-order chi connectivity index (χ1) is 10.1. The van der Waals surface area contributed by atoms with E-state index in [0.29, 0.717) is 24.3 Å². The quantitative estimate of drug-likeness (QED) is 0.908. The average molecular weight is 284 g/mol. The Bertz CT molecular complexity index is 675. The van der Waals surface area contributed by atoms with E-state index < -0.39 is 0 Å². The molecule has 0 bridgehead atoms. The fourth-order valence-corrected chi connectivity index (χ4v) is 2.43. The Morgan fingerprint density at radius 2 is 1.95 bits per heavy atom. The molecule has 1 N–H and O–H groups in total. The largest absolute Gasteiger partial charge is 0.332 e. The van der Waals surface area contributed by atoms with Crippen LogP contribution >= 0.6 is 0 Å². The first kappa shape index (κ1) is 13.4. The minimum atomic E-state index is -0.128. The van der Waals surface area contributed by atoms with Gasteiger partial charge in [0.05, 0.1) is 6.54 Å². The van der Waals surface area contributed by atoms with Crippen molar-refractivity contribution < 1.29 is 9.59 Å². The van der Waals surface area contributed by atoms with Gasteiger partial charge in [-0.2, -0.15) is 0 Å². The summed E-state index contributed by atoms with van der Waals surface area (Å²) in [7, 11) is 0. The number of hydrogen-bond donors (Lipinski definition) is 1. The van der Waals surface area contributed by atoms with E-state index in [-0.39, 0.29) is 11.8 Å². The van der Waals surface area contributed by atoms with E-state index in [0.717, 1.165) is 12.4 Å². The molecule has 3 rings (SSSR count). The highest BCUT2D eigenvalue weighted by Crippen LogP contribution is 2.16. The molecule has 1 aromatic carbocycles. The maximum Gasteiger partial charge on any atom is 0.254 e. The molecule has 6 nitrogen and oxygen atoms in total. The molecule has 0 unspecified atom stereocenters. The summed E-state index contributed by atoms with van der Waals surface area (Å²) in [6.45, 7) is 3.43. The Balaban J connectivity index is 1.72. The van der Waals surface area contributed by atoms with Gasteiger partial charge in [-0.1, -0.05) is 0 Å². The predicted octanol–water partition coefficient (Wildman–Crippen LogP) is 1.50. The number of rotatable bonds is 2. The van der Waals surface area contributed by atoms with Gasteiger partial charge in [-0.05, 0) is 24.3 Å². The van der Waals surface area contributed by atoms with E-state index in [1.807, 2.05) is 6.20 Å². The summed E-state index contributed by atoms with van der Waals surface area (Å²) in [6.07, 6.45) is 3.69. The van der Waals surface area contributed by atoms with Crippen molar-refractivity contribution in [2.45, 2.75) is 20.0 Å². The number of amides is 2. The predicted molar refractivity (Wildman–Crippen MR) is 77.7 cm³/mol. The third kappa shape index (κ3) is 2.79. The minimum absolute atomic E-state index is 0.0152. The van der Waals surface area contributed by atoms with Crippen LogP contribution in [-0.2, 0) is 17.9 Å². The molecule has 1 aliphatic rings. The van der Waals surface area contributed by atoms with Crippen LogP contribution in [0.1, 0.15) is 23.1 Å². The third-order valence-corrected chi connectivity index (χ3v) is 3.48. The molecule has 1 aliphatic heterocycles. The number of aromatic nitrogens is 2. The van der Waals surface area contributed by atoms with Crippen LogP contribution in [-0.4, -0.2) is 32.8 Å². The Morgan fingerprint density at radius 1 is 1.19 bits per heavy atom. The van der Waals surface area contributed by atoms with Crippen LogP contribution in [0.4, 0.5) is 5.69 Å². The average Bonchev–Trinajstić information content (AvgIpc) is 2.94. The lowest BCUT2D eigenvalue weighted by molar-refractivity contribution is -0.114. The molecule has 0 aliphatic carbocycles. The van der Waals surface area contributed by atoms with Crippen molar-refractivity contribution in [2.24, 2.45) is 0 Å². The maximum atomic E-state index is 12.5. The van der Waals surface area contributed by atoms with E-state index in [2.05, 4.69) is 14.9 Å². The van der Waals surface area contributed by atoms with Crippen LogP contribution in [0.2, 0.25) is 0 Å². The molecule has 0 saturated heterocycles. The second-order valence-corrected chi connectivity index (χ2v) is 5.02. The van der Waals surface area contributed by atoms with Crippen LogP contribution in [0.3, 0.4) is 0 Å². The lowest BCUT2D eigenvalue weighted by Gasteiger charge is -2.27. The zero-order valence-electron chi connectivity index (χ0n) is 11.7. The van der Waals surface area contributed by atoms with Crippen LogP contribution in [0.5, 0.6) is 0 Å². The van der Waals surface area contributed by atoms with Crippen LogP contribution in [0.15, 0.2) is 36.7 Å². The smallest absolute Gasteiger partial charge is 0.254 e. The highest BCUT2D eigenvalue weighted by Gasteiger charge is 2.22. The Morgan fingerprint density at radius 3 is 2.67 bits per heavy atom. The molecule has 2 heterocycles. The van der Waals surface area contributed by atoms with Gasteiger partial charge in [-0.25, -0.2) is 4.98 Å². The Labute approximate surface area is 122 Å². The molecule has 1 aromatic heterocycles. The number of imidazole rings is 1. The zero-order valence-corrected chi connectivity index (χ0v) is 11.7. The van der Waals surface area contributed by atoms with Crippen LogP contribution in [0.25, 0.3) is 0 Å². The molecule has 0 spiro atoms. The Kier molecular flexibility index (Phi) is 3.43. The van der Waals surface area contributed by atoms with Gasteiger partial charge in [0, 0.05) is 43.7 Å². The normalized spacial score (nSPS) is 13.7. The van der Waals surface area contributed by atoms with Gasteiger partial charge >= 0.3 is 0 Å². The van der Waals surface area contributed by atoms with E-state index in [1.165, 1.54) is 6.92 Å². The second-order valence-electron chi connectivity index (χ2n) is 5.02. The van der Waals surface area contributed by atoms with E-state index in [4.69, 9.17) is 0 Å². The van der Waals surface area contributed by atoms with Gasteiger partial charge in [0.1, 0.15) is 5.82 Å². The Hall–Kier alpha value is -2.63. The fraction of sp³-hybridized carbons (Fsp3) is 0.267. The monoisotopic (exact) mass is 284 g/mol. The third-order valence-electron chi connectivity index (χ3n) is 3.48. The molecule has 21 heavy (non-hydrogen) atoms. The second kappa shape index (κ2) is 5.40. The van der Waals surface area contributed by atoms with Crippen molar-refractivity contribution in [1.82, 2.24) is 14.5 Å². The summed E-state index contributed by atoms with van der Waals surface area (Å²) in [5, 5.41) is 2.68. The molecule has 0 saturated carbocycles. The number of carbonyl (C=O) groups is 2. The van der Waals surface area contributed by atoms with E-state index in [9.17, 15) is 9.59 Å². The van der Waals surface area contributed by atoms with E-state index in [1.54, 1.807) is 35.4 Å². The number of nitrogens with zero attached hydrogens (tertiary/aromatic N) is 3. The molecule has 6 heteroatoms. The number of hydrogen-bond acceptors (Lipinski definition) is 3. The number of fused-ring (bicyclic) bond motifs is 1. The molecular weight excluding hydrogens is 268 g/mol. The highest BCUT2D eigenvalue weighted by molar-refractivity contribution is 5.95. The summed E-state index contributed by atoms with van der Waals surface area (Å²) in [5.41, 5.74) is 1.30. The maximum absolute atomic E-state index is 12.5. The van der Waals surface area contributed by atoms with Crippen LogP contribution < -0.4 is 5.32 Å². The number of benzene rings is 1. The van der Waals surface area contributed by atoms with Crippen molar-refractivity contribution in [3.05, 3.63) is 48.0 Å². The van der Waals surface area contributed by atoms with Crippen molar-refractivity contribution in [2.75, 3.05) is 11.9 Å². The van der Waals surface area contributed by atoms with Gasteiger partial charge in [0.2, 0.25) is 5.91 Å². The van der Waals surface area contributed by atoms with Crippen LogP contribution in [0, 0.1) is 0 Å². The molecule has 0 atom stereocenters. The van der Waals surface area contributed by atoms with Gasteiger partial charge in [-0.3, -0.25) is 9.59 Å². The lowest BCUT2D eigenvalue weighted by atomic mass is 10.1. The highest BCUT2D eigenvalue weighted by atomic mass is 16.2. The molecule has 108 valence electrons. The zero-order chi connectivity index (χ0) is 14.8. The lowest BCUT2D eigenvalue weighted by Crippen LogP contribution is -2.38. The molecule has 0 fully saturated rings. The van der Waals surface area contributed by atoms with Crippen molar-refractivity contribution >= 4 is 17.5 Å². The summed E-state index contributed by atoms with van der Waals surface area (Å²) >= 11 is 0. The molecule has 0 radical (unpaired) electrons. The molecular formula is C15H16N4O2. The topological polar surface area (TPSA) is 67.2 Å². The van der Waals surface area contributed by atoms with Gasteiger partial charge in [0.25, 0.3) is 5.91 Å². The summed E-state index contributed by atoms with van der Waals surface area (Å²) in [5.74, 6) is 0.764.